The van der Waals surface area contributed by atoms with Crippen molar-refractivity contribution in [2.45, 2.75) is 38.2 Å². The van der Waals surface area contributed by atoms with Crippen LogP contribution in [0.1, 0.15) is 32.8 Å². The maximum Gasteiger partial charge on any atom is 0.242 e. The van der Waals surface area contributed by atoms with Gasteiger partial charge in [-0.3, -0.25) is 0 Å². The minimum atomic E-state index is -4.05. The van der Waals surface area contributed by atoms with E-state index < -0.39 is 32.4 Å². The van der Waals surface area contributed by atoms with E-state index >= 15 is 0 Å². The van der Waals surface area contributed by atoms with Gasteiger partial charge in [0.25, 0.3) is 0 Å². The number of aliphatic hydroxyl groups is 1. The van der Waals surface area contributed by atoms with Crippen LogP contribution in [0.2, 0.25) is 0 Å². The second-order valence-corrected chi connectivity index (χ2v) is 7.73. The molecule has 0 aliphatic carbocycles. The Morgan fingerprint density at radius 3 is 2.57 bits per heavy atom. The molecule has 0 aromatic heterocycles. The van der Waals surface area contributed by atoms with Gasteiger partial charge in [-0.15, -0.1) is 0 Å². The lowest BCUT2D eigenvalue weighted by Crippen LogP contribution is -2.34. The Kier molecular flexibility index (Phi) is 5.45. The van der Waals surface area contributed by atoms with E-state index in [2.05, 4.69) is 4.72 Å². The summed E-state index contributed by atoms with van der Waals surface area (Å²) in [5, 5.41) is 18.7. The van der Waals surface area contributed by atoms with E-state index in [1.807, 2.05) is 20.8 Å². The SMILES string of the molecule is CC(C)(C)CC(O)CNS(=O)(=O)c1cccc(F)c1C#N. The molecule has 116 valence electrons. The summed E-state index contributed by atoms with van der Waals surface area (Å²) < 4.78 is 39.8. The number of nitrogens with one attached hydrogen (secondary N) is 1. The van der Waals surface area contributed by atoms with Crippen molar-refractivity contribution in [2.24, 2.45) is 5.41 Å². The zero-order valence-corrected chi connectivity index (χ0v) is 13.0. The van der Waals surface area contributed by atoms with Crippen molar-refractivity contribution in [1.29, 1.82) is 5.26 Å². The third-order valence-electron chi connectivity index (χ3n) is 2.73. The molecule has 0 bridgehead atoms. The average molecular weight is 314 g/mol. The van der Waals surface area contributed by atoms with Crippen molar-refractivity contribution in [3.63, 3.8) is 0 Å². The monoisotopic (exact) mass is 314 g/mol. The van der Waals surface area contributed by atoms with E-state index in [1.165, 1.54) is 12.1 Å². The second kappa shape index (κ2) is 6.52. The molecular formula is C14H19FN2O3S. The normalized spacial score (nSPS) is 13.7. The van der Waals surface area contributed by atoms with Crippen molar-refractivity contribution in [1.82, 2.24) is 4.72 Å². The largest absolute Gasteiger partial charge is 0.392 e. The molecule has 0 saturated heterocycles. The van der Waals surface area contributed by atoms with Crippen molar-refractivity contribution < 1.29 is 17.9 Å². The molecule has 1 rings (SSSR count). The molecule has 1 unspecified atom stereocenters. The van der Waals surface area contributed by atoms with Gasteiger partial charge in [0.1, 0.15) is 22.3 Å². The smallest absolute Gasteiger partial charge is 0.242 e. The van der Waals surface area contributed by atoms with Crippen LogP contribution in [0.3, 0.4) is 0 Å². The molecule has 1 aromatic carbocycles. The highest BCUT2D eigenvalue weighted by Gasteiger charge is 2.23. The summed E-state index contributed by atoms with van der Waals surface area (Å²) in [7, 11) is -4.05. The van der Waals surface area contributed by atoms with E-state index in [0.717, 1.165) is 12.1 Å². The predicted molar refractivity (Wildman–Crippen MR) is 76.4 cm³/mol. The molecule has 0 aliphatic rings. The quantitative estimate of drug-likeness (QED) is 0.866. The summed E-state index contributed by atoms with van der Waals surface area (Å²) in [6, 6.07) is 4.93. The summed E-state index contributed by atoms with van der Waals surface area (Å²) in [6.07, 6.45) is -0.456. The maximum atomic E-state index is 13.4. The minimum Gasteiger partial charge on any atom is -0.392 e. The van der Waals surface area contributed by atoms with Crippen LogP contribution in [0.5, 0.6) is 0 Å². The molecule has 0 aliphatic heterocycles. The Labute approximate surface area is 124 Å². The van der Waals surface area contributed by atoms with Gasteiger partial charge < -0.3 is 5.11 Å². The van der Waals surface area contributed by atoms with Crippen LogP contribution in [0.15, 0.2) is 23.1 Å². The number of halogens is 1. The Hall–Kier alpha value is -1.49. The fourth-order valence-corrected chi connectivity index (χ4v) is 3.14. The standard InChI is InChI=1S/C14H19FN2O3S/c1-14(2,3)7-10(18)9-17-21(19,20)13-6-4-5-12(15)11(13)8-16/h4-6,10,17-18H,7,9H2,1-3H3. The third-order valence-corrected chi connectivity index (χ3v) is 4.20. The lowest BCUT2D eigenvalue weighted by molar-refractivity contribution is 0.125. The van der Waals surface area contributed by atoms with Crippen LogP contribution in [0, 0.1) is 22.6 Å². The van der Waals surface area contributed by atoms with Crippen LogP contribution in [-0.4, -0.2) is 26.2 Å². The molecule has 2 N–H and O–H groups in total. The van der Waals surface area contributed by atoms with E-state index in [4.69, 9.17) is 5.26 Å². The van der Waals surface area contributed by atoms with Gasteiger partial charge in [-0.2, -0.15) is 5.26 Å². The Morgan fingerprint density at radius 1 is 1.43 bits per heavy atom. The van der Waals surface area contributed by atoms with Crippen molar-refractivity contribution in [3.8, 4) is 6.07 Å². The molecule has 21 heavy (non-hydrogen) atoms. The molecule has 0 saturated carbocycles. The zero-order valence-electron chi connectivity index (χ0n) is 12.2. The second-order valence-electron chi connectivity index (χ2n) is 6.00. The van der Waals surface area contributed by atoms with E-state index in [9.17, 15) is 17.9 Å². The molecule has 0 heterocycles. The summed E-state index contributed by atoms with van der Waals surface area (Å²) in [5.41, 5.74) is -0.683. The summed E-state index contributed by atoms with van der Waals surface area (Å²) in [4.78, 5) is -0.423. The number of sulfonamides is 1. The number of aliphatic hydroxyl groups excluding tert-OH is 1. The van der Waals surface area contributed by atoms with Crippen LogP contribution in [0.4, 0.5) is 4.39 Å². The van der Waals surface area contributed by atoms with Gasteiger partial charge >= 0.3 is 0 Å². The van der Waals surface area contributed by atoms with Gasteiger partial charge in [-0.25, -0.2) is 17.5 Å². The zero-order chi connectivity index (χ0) is 16.3. The van der Waals surface area contributed by atoms with Crippen LogP contribution < -0.4 is 4.72 Å². The summed E-state index contributed by atoms with van der Waals surface area (Å²) in [6.45, 7) is 5.57. The predicted octanol–water partition coefficient (Wildman–Crippen LogP) is 1.77. The number of hydrogen-bond acceptors (Lipinski definition) is 4. The van der Waals surface area contributed by atoms with Gasteiger partial charge in [0.2, 0.25) is 10.0 Å². The Bertz CT molecular complexity index is 645. The number of nitrogens with zero attached hydrogens (tertiary/aromatic N) is 1. The van der Waals surface area contributed by atoms with Crippen LogP contribution in [-0.2, 0) is 10.0 Å². The fourth-order valence-electron chi connectivity index (χ4n) is 1.90. The first-order valence-corrected chi connectivity index (χ1v) is 7.91. The first kappa shape index (κ1) is 17.6. The minimum absolute atomic E-state index is 0.151. The first-order valence-electron chi connectivity index (χ1n) is 6.43. The Balaban J connectivity index is 2.89. The van der Waals surface area contributed by atoms with E-state index in [-0.39, 0.29) is 12.0 Å². The fraction of sp³-hybridized carbons (Fsp3) is 0.500. The summed E-state index contributed by atoms with van der Waals surface area (Å²) >= 11 is 0. The van der Waals surface area contributed by atoms with E-state index in [0.29, 0.717) is 6.42 Å². The first-order chi connectivity index (χ1) is 9.57. The third kappa shape index (κ3) is 5.08. The van der Waals surface area contributed by atoms with Crippen molar-refractivity contribution >= 4 is 10.0 Å². The molecule has 1 atom stereocenters. The lowest BCUT2D eigenvalue weighted by atomic mass is 9.89. The number of rotatable bonds is 5. The highest BCUT2D eigenvalue weighted by atomic mass is 32.2. The van der Waals surface area contributed by atoms with Crippen molar-refractivity contribution in [2.75, 3.05) is 6.54 Å². The highest BCUT2D eigenvalue weighted by molar-refractivity contribution is 7.89. The molecule has 0 fully saturated rings. The average Bonchev–Trinajstić information content (AvgIpc) is 2.34. The highest BCUT2D eigenvalue weighted by Crippen LogP contribution is 2.21. The molecule has 1 aromatic rings. The number of nitriles is 1. The lowest BCUT2D eigenvalue weighted by Gasteiger charge is -2.22. The Morgan fingerprint density at radius 2 is 2.05 bits per heavy atom. The van der Waals surface area contributed by atoms with Gasteiger partial charge in [0.15, 0.2) is 0 Å². The van der Waals surface area contributed by atoms with Gasteiger partial charge in [-0.1, -0.05) is 26.8 Å². The van der Waals surface area contributed by atoms with Gasteiger partial charge in [0.05, 0.1) is 6.10 Å². The van der Waals surface area contributed by atoms with Gasteiger partial charge in [-0.05, 0) is 24.0 Å². The molecule has 0 amide bonds. The topological polar surface area (TPSA) is 90.2 Å². The van der Waals surface area contributed by atoms with Crippen molar-refractivity contribution in [3.05, 3.63) is 29.6 Å². The maximum absolute atomic E-state index is 13.4. The molecule has 0 radical (unpaired) electrons. The summed E-state index contributed by atoms with van der Waals surface area (Å²) in [5.74, 6) is -0.893. The number of hydrogen-bond donors (Lipinski definition) is 2. The van der Waals surface area contributed by atoms with E-state index in [1.54, 1.807) is 0 Å². The molecular weight excluding hydrogens is 295 g/mol. The molecule has 5 nitrogen and oxygen atoms in total. The number of benzene rings is 1. The van der Waals surface area contributed by atoms with Crippen LogP contribution >= 0.6 is 0 Å². The molecule has 0 spiro atoms. The molecule has 7 heteroatoms. The van der Waals surface area contributed by atoms with Crippen LogP contribution in [0.25, 0.3) is 0 Å². The van der Waals surface area contributed by atoms with Gasteiger partial charge in [0, 0.05) is 6.54 Å².